The third-order valence-electron chi connectivity index (χ3n) is 3.42. The van der Waals surface area contributed by atoms with Crippen LogP contribution in [0.3, 0.4) is 0 Å². The van der Waals surface area contributed by atoms with E-state index in [2.05, 4.69) is 26.7 Å². The van der Waals surface area contributed by atoms with E-state index in [9.17, 15) is 5.11 Å². The fourth-order valence-electron chi connectivity index (χ4n) is 2.30. The summed E-state index contributed by atoms with van der Waals surface area (Å²) in [7, 11) is 0. The molecule has 0 aliphatic carbocycles. The lowest BCUT2D eigenvalue weighted by molar-refractivity contribution is 0.0444. The lowest BCUT2D eigenvalue weighted by atomic mass is 9.98. The Balaban J connectivity index is 1.94. The van der Waals surface area contributed by atoms with Gasteiger partial charge in [-0.25, -0.2) is 0 Å². The molecule has 1 saturated heterocycles. The van der Waals surface area contributed by atoms with Crippen LogP contribution in [0.5, 0.6) is 0 Å². The lowest BCUT2D eigenvalue weighted by Crippen LogP contribution is -2.28. The van der Waals surface area contributed by atoms with Crippen LogP contribution < -0.4 is 5.32 Å². The van der Waals surface area contributed by atoms with E-state index in [4.69, 9.17) is 0 Å². The van der Waals surface area contributed by atoms with Gasteiger partial charge in [0.15, 0.2) is 0 Å². The molecule has 102 valence electrons. The van der Waals surface area contributed by atoms with Crippen molar-refractivity contribution in [3.63, 3.8) is 0 Å². The van der Waals surface area contributed by atoms with Crippen molar-refractivity contribution >= 4 is 16.5 Å². The van der Waals surface area contributed by atoms with Crippen molar-refractivity contribution in [3.8, 4) is 0 Å². The summed E-state index contributed by atoms with van der Waals surface area (Å²) in [5, 5.41) is 18.6. The minimum atomic E-state index is -0.500. The first-order valence-electron chi connectivity index (χ1n) is 6.60. The predicted molar refractivity (Wildman–Crippen MR) is 73.8 cm³/mol. The monoisotopic (exact) mass is 270 g/mol. The zero-order valence-corrected chi connectivity index (χ0v) is 12.0. The maximum atomic E-state index is 10.1. The van der Waals surface area contributed by atoms with Gasteiger partial charge >= 0.3 is 0 Å². The van der Waals surface area contributed by atoms with Crippen LogP contribution >= 0.6 is 11.5 Å². The molecule has 2 rings (SSSR count). The number of hydrogen-bond donors (Lipinski definition) is 2. The second kappa shape index (κ2) is 5.95. The number of aromatic nitrogens is 2. The number of rotatable bonds is 4. The highest BCUT2D eigenvalue weighted by Crippen LogP contribution is 2.24. The van der Waals surface area contributed by atoms with Gasteiger partial charge in [-0.2, -0.15) is 0 Å². The van der Waals surface area contributed by atoms with Gasteiger partial charge < -0.3 is 10.4 Å². The van der Waals surface area contributed by atoms with Crippen molar-refractivity contribution in [2.24, 2.45) is 0 Å². The van der Waals surface area contributed by atoms with E-state index in [1.165, 1.54) is 11.5 Å². The van der Waals surface area contributed by atoms with Crippen LogP contribution in [-0.2, 0) is 6.54 Å². The molecule has 18 heavy (non-hydrogen) atoms. The van der Waals surface area contributed by atoms with E-state index < -0.39 is 5.60 Å². The highest BCUT2D eigenvalue weighted by atomic mass is 32.1. The highest BCUT2D eigenvalue weighted by molar-refractivity contribution is 7.10. The molecule has 2 N–H and O–H groups in total. The molecule has 2 heterocycles. The number of hydrogen-bond acceptors (Lipinski definition) is 6. The third kappa shape index (κ3) is 3.63. The minimum absolute atomic E-state index is 0.500. The minimum Gasteiger partial charge on any atom is -0.390 e. The van der Waals surface area contributed by atoms with Gasteiger partial charge in [-0.15, -0.1) is 5.10 Å². The molecule has 1 aromatic heterocycles. The van der Waals surface area contributed by atoms with Gasteiger partial charge in [-0.3, -0.25) is 4.90 Å². The van der Waals surface area contributed by atoms with Gasteiger partial charge in [0.1, 0.15) is 10.7 Å². The number of likely N-dealkylation sites (tertiary alicyclic amines) is 1. The molecule has 0 spiro atoms. The highest BCUT2D eigenvalue weighted by Gasteiger charge is 2.25. The van der Waals surface area contributed by atoms with Crippen LogP contribution in [0.2, 0.25) is 0 Å². The van der Waals surface area contributed by atoms with E-state index in [-0.39, 0.29) is 0 Å². The standard InChI is InChI=1S/C12H22N4OS/c1-3-13-11-10(14-15-18-11)9-16-7-4-5-12(2,17)6-8-16/h13,17H,3-9H2,1-2H3. The Kier molecular flexibility index (Phi) is 4.53. The summed E-state index contributed by atoms with van der Waals surface area (Å²) in [6, 6.07) is 0. The molecule has 1 unspecified atom stereocenters. The van der Waals surface area contributed by atoms with Crippen LogP contribution in [-0.4, -0.2) is 44.8 Å². The summed E-state index contributed by atoms with van der Waals surface area (Å²) in [6.45, 7) is 7.69. The fraction of sp³-hybridized carbons (Fsp3) is 0.833. The first-order valence-corrected chi connectivity index (χ1v) is 7.38. The average molecular weight is 270 g/mol. The zero-order valence-electron chi connectivity index (χ0n) is 11.1. The number of nitrogens with one attached hydrogen (secondary N) is 1. The van der Waals surface area contributed by atoms with Crippen LogP contribution in [0.1, 0.15) is 38.8 Å². The smallest absolute Gasteiger partial charge is 0.134 e. The molecule has 1 aliphatic heterocycles. The maximum absolute atomic E-state index is 10.1. The third-order valence-corrected chi connectivity index (χ3v) is 4.15. The van der Waals surface area contributed by atoms with E-state index >= 15 is 0 Å². The van der Waals surface area contributed by atoms with Gasteiger partial charge in [0.05, 0.1) is 5.60 Å². The van der Waals surface area contributed by atoms with Gasteiger partial charge in [0, 0.05) is 31.2 Å². The zero-order chi connectivity index (χ0) is 13.0. The number of nitrogens with zero attached hydrogens (tertiary/aromatic N) is 3. The number of anilines is 1. The van der Waals surface area contributed by atoms with Gasteiger partial charge in [0.2, 0.25) is 0 Å². The second-order valence-corrected chi connectivity index (χ2v) is 5.96. The molecule has 0 bridgehead atoms. The Morgan fingerprint density at radius 1 is 1.44 bits per heavy atom. The summed E-state index contributed by atoms with van der Waals surface area (Å²) in [6.07, 6.45) is 2.76. The largest absolute Gasteiger partial charge is 0.390 e. The van der Waals surface area contributed by atoms with Gasteiger partial charge in [0.25, 0.3) is 0 Å². The Bertz CT molecular complexity index is 380. The summed E-state index contributed by atoms with van der Waals surface area (Å²) in [5.74, 6) is 0. The SMILES string of the molecule is CCNc1snnc1CN1CCCC(C)(O)CC1. The van der Waals surface area contributed by atoms with Crippen LogP contribution in [0.25, 0.3) is 0 Å². The molecule has 1 aliphatic rings. The molecule has 0 aromatic carbocycles. The van der Waals surface area contributed by atoms with Crippen LogP contribution in [0.15, 0.2) is 0 Å². The Morgan fingerprint density at radius 2 is 2.28 bits per heavy atom. The van der Waals surface area contributed by atoms with E-state index in [0.717, 1.165) is 56.1 Å². The lowest BCUT2D eigenvalue weighted by Gasteiger charge is -2.22. The molecule has 6 heteroatoms. The quantitative estimate of drug-likeness (QED) is 0.872. The fourth-order valence-corrected chi connectivity index (χ4v) is 2.94. The van der Waals surface area contributed by atoms with Crippen LogP contribution in [0.4, 0.5) is 5.00 Å². The van der Waals surface area contributed by atoms with Crippen molar-refractivity contribution in [1.82, 2.24) is 14.5 Å². The second-order valence-electron chi connectivity index (χ2n) is 5.21. The van der Waals surface area contributed by atoms with Crippen molar-refractivity contribution in [1.29, 1.82) is 0 Å². The van der Waals surface area contributed by atoms with Crippen LogP contribution in [0, 0.1) is 0 Å². The molecular formula is C12H22N4OS. The summed E-state index contributed by atoms with van der Waals surface area (Å²) in [4.78, 5) is 2.36. The molecule has 5 nitrogen and oxygen atoms in total. The van der Waals surface area contributed by atoms with E-state index in [1.54, 1.807) is 0 Å². The van der Waals surface area contributed by atoms with Gasteiger partial charge in [-0.1, -0.05) is 4.49 Å². The Morgan fingerprint density at radius 3 is 3.06 bits per heavy atom. The van der Waals surface area contributed by atoms with E-state index in [1.807, 2.05) is 6.92 Å². The molecule has 1 aromatic rings. The van der Waals surface area contributed by atoms with E-state index in [0.29, 0.717) is 0 Å². The summed E-state index contributed by atoms with van der Waals surface area (Å²) in [5.41, 5.74) is 0.530. The molecule has 1 atom stereocenters. The van der Waals surface area contributed by atoms with Gasteiger partial charge in [-0.05, 0) is 39.7 Å². The molecule has 0 amide bonds. The molecule has 1 fully saturated rings. The van der Waals surface area contributed by atoms with Crippen molar-refractivity contribution in [2.75, 3.05) is 25.0 Å². The topological polar surface area (TPSA) is 61.3 Å². The molecule has 0 saturated carbocycles. The molecule has 0 radical (unpaired) electrons. The number of aliphatic hydroxyl groups is 1. The maximum Gasteiger partial charge on any atom is 0.134 e. The average Bonchev–Trinajstić information content (AvgIpc) is 2.66. The Labute approximate surface area is 112 Å². The summed E-state index contributed by atoms with van der Waals surface area (Å²) < 4.78 is 4.01. The Hall–Kier alpha value is -0.720. The predicted octanol–water partition coefficient (Wildman–Crippen LogP) is 1.71. The van der Waals surface area contributed by atoms with Crippen molar-refractivity contribution in [2.45, 2.75) is 45.3 Å². The van der Waals surface area contributed by atoms with Crippen molar-refractivity contribution < 1.29 is 5.11 Å². The first-order chi connectivity index (χ1) is 8.61. The first kappa shape index (κ1) is 13.7. The summed E-state index contributed by atoms with van der Waals surface area (Å²) >= 11 is 1.42. The molecular weight excluding hydrogens is 248 g/mol. The van der Waals surface area contributed by atoms with Crippen molar-refractivity contribution in [3.05, 3.63) is 5.69 Å². The normalized spacial score (nSPS) is 25.9.